The van der Waals surface area contributed by atoms with Gasteiger partial charge in [0.2, 0.25) is 5.91 Å². The van der Waals surface area contributed by atoms with Crippen LogP contribution in [0.5, 0.6) is 0 Å². The molecule has 2 unspecified atom stereocenters. The highest BCUT2D eigenvalue weighted by Gasteiger charge is 2.55. The first kappa shape index (κ1) is 26.6. The number of rotatable bonds is 7. The molecule has 3 rings (SSSR count). The van der Waals surface area contributed by atoms with Gasteiger partial charge in [-0.25, -0.2) is 0 Å². The zero-order chi connectivity index (χ0) is 21.6. The van der Waals surface area contributed by atoms with Crippen molar-refractivity contribution < 1.29 is 9.53 Å². The first-order valence-electron chi connectivity index (χ1n) is 12.1. The topological polar surface area (TPSA) is 69.2 Å². The third-order valence-corrected chi connectivity index (χ3v) is 7.35. The lowest BCUT2D eigenvalue weighted by atomic mass is 9.55. The van der Waals surface area contributed by atoms with E-state index in [9.17, 15) is 4.79 Å². The molecule has 2 saturated carbocycles. The third kappa shape index (κ3) is 6.69. The van der Waals surface area contributed by atoms with E-state index in [1.807, 2.05) is 14.1 Å². The highest BCUT2D eigenvalue weighted by atomic mass is 127. The molecular weight excluding hydrogens is 505 g/mol. The number of carbonyl (C=O) groups is 1. The highest BCUT2D eigenvalue weighted by Crippen LogP contribution is 2.53. The Hall–Kier alpha value is -0.610. The van der Waals surface area contributed by atoms with Crippen molar-refractivity contribution >= 4 is 35.8 Å². The van der Waals surface area contributed by atoms with Crippen LogP contribution in [-0.4, -0.2) is 86.7 Å². The van der Waals surface area contributed by atoms with Crippen LogP contribution in [0.25, 0.3) is 0 Å². The van der Waals surface area contributed by atoms with Gasteiger partial charge in [0, 0.05) is 57.8 Å². The Morgan fingerprint density at radius 1 is 1.13 bits per heavy atom. The standard InChI is InChI=1S/C23H43N5O2.HI/c1-5-24-22(25-18-10-14-28(15-11-18)17-21(29)27(3)4)26-19-16-20(30-6-2)23(19)12-8-7-9-13-23;/h18-20H,5-17H2,1-4H3,(H2,24,25,26);1H. The number of halogens is 1. The number of likely N-dealkylation sites (N-methyl/N-ethyl adjacent to an activating group) is 1. The number of carbonyl (C=O) groups excluding carboxylic acids is 1. The summed E-state index contributed by atoms with van der Waals surface area (Å²) in [5, 5.41) is 7.49. The van der Waals surface area contributed by atoms with E-state index in [4.69, 9.17) is 9.73 Å². The van der Waals surface area contributed by atoms with Crippen LogP contribution in [-0.2, 0) is 9.53 Å². The number of amides is 1. The fourth-order valence-corrected chi connectivity index (χ4v) is 5.48. The van der Waals surface area contributed by atoms with E-state index in [1.165, 1.54) is 32.1 Å². The second-order valence-corrected chi connectivity index (χ2v) is 9.48. The second-order valence-electron chi connectivity index (χ2n) is 9.48. The molecule has 0 aromatic heterocycles. The summed E-state index contributed by atoms with van der Waals surface area (Å²) in [7, 11) is 3.65. The second kappa shape index (κ2) is 12.6. The SMILES string of the molecule is CCN=C(NC1CCN(CC(=O)N(C)C)CC1)NC1CC(OCC)C12CCCCC2.I. The van der Waals surface area contributed by atoms with Gasteiger partial charge in [0.1, 0.15) is 0 Å². The number of hydrogen-bond acceptors (Lipinski definition) is 4. The quantitative estimate of drug-likeness (QED) is 0.291. The van der Waals surface area contributed by atoms with E-state index >= 15 is 0 Å². The van der Waals surface area contributed by atoms with Crippen molar-refractivity contribution in [1.29, 1.82) is 0 Å². The number of nitrogens with zero attached hydrogens (tertiary/aromatic N) is 3. The Kier molecular flexibility index (Phi) is 10.8. The van der Waals surface area contributed by atoms with Crippen molar-refractivity contribution in [3.8, 4) is 0 Å². The molecule has 3 aliphatic rings. The zero-order valence-corrected chi connectivity index (χ0v) is 22.3. The maximum Gasteiger partial charge on any atom is 0.236 e. The molecule has 7 nitrogen and oxygen atoms in total. The largest absolute Gasteiger partial charge is 0.378 e. The molecule has 1 amide bonds. The molecule has 0 bridgehead atoms. The predicted molar refractivity (Wildman–Crippen MR) is 137 cm³/mol. The van der Waals surface area contributed by atoms with Gasteiger partial charge in [0.25, 0.3) is 0 Å². The van der Waals surface area contributed by atoms with Gasteiger partial charge in [-0.05, 0) is 46.0 Å². The van der Waals surface area contributed by atoms with Crippen LogP contribution in [0, 0.1) is 5.41 Å². The molecule has 180 valence electrons. The van der Waals surface area contributed by atoms with Gasteiger partial charge >= 0.3 is 0 Å². The van der Waals surface area contributed by atoms with Gasteiger partial charge in [-0.15, -0.1) is 24.0 Å². The molecule has 1 spiro atoms. The van der Waals surface area contributed by atoms with Gasteiger partial charge in [-0.2, -0.15) is 0 Å². The number of aliphatic imine (C=N–C) groups is 1. The Morgan fingerprint density at radius 3 is 2.39 bits per heavy atom. The van der Waals surface area contributed by atoms with E-state index in [0.29, 0.717) is 30.1 Å². The van der Waals surface area contributed by atoms with Crippen LogP contribution < -0.4 is 10.6 Å². The van der Waals surface area contributed by atoms with Crippen LogP contribution in [0.15, 0.2) is 4.99 Å². The summed E-state index contributed by atoms with van der Waals surface area (Å²) in [5.74, 6) is 1.15. The Bertz CT molecular complexity index is 587. The van der Waals surface area contributed by atoms with Crippen LogP contribution in [0.1, 0.15) is 65.2 Å². The van der Waals surface area contributed by atoms with E-state index in [-0.39, 0.29) is 29.9 Å². The summed E-state index contributed by atoms with van der Waals surface area (Å²) < 4.78 is 6.12. The summed E-state index contributed by atoms with van der Waals surface area (Å²) in [6, 6.07) is 0.878. The fraction of sp³-hybridized carbons (Fsp3) is 0.913. The van der Waals surface area contributed by atoms with Crippen molar-refractivity contribution in [2.24, 2.45) is 10.4 Å². The molecule has 0 aromatic carbocycles. The van der Waals surface area contributed by atoms with Gasteiger partial charge in [0.15, 0.2) is 5.96 Å². The summed E-state index contributed by atoms with van der Waals surface area (Å²) in [6.45, 7) is 8.23. The van der Waals surface area contributed by atoms with E-state index in [1.54, 1.807) is 4.90 Å². The number of hydrogen-bond donors (Lipinski definition) is 2. The van der Waals surface area contributed by atoms with Crippen molar-refractivity contribution in [2.45, 2.75) is 83.4 Å². The smallest absolute Gasteiger partial charge is 0.236 e. The predicted octanol–water partition coefficient (Wildman–Crippen LogP) is 2.84. The lowest BCUT2D eigenvalue weighted by molar-refractivity contribution is -0.145. The van der Waals surface area contributed by atoms with E-state index in [0.717, 1.165) is 51.5 Å². The minimum Gasteiger partial charge on any atom is -0.378 e. The minimum atomic E-state index is 0. The maximum atomic E-state index is 12.0. The van der Waals surface area contributed by atoms with Gasteiger partial charge in [-0.1, -0.05) is 19.3 Å². The summed E-state index contributed by atoms with van der Waals surface area (Å²) in [6.07, 6.45) is 10.1. The van der Waals surface area contributed by atoms with Crippen molar-refractivity contribution in [3.63, 3.8) is 0 Å². The van der Waals surface area contributed by atoms with E-state index in [2.05, 4.69) is 29.4 Å². The maximum absolute atomic E-state index is 12.0. The van der Waals surface area contributed by atoms with Gasteiger partial charge in [-0.3, -0.25) is 14.7 Å². The number of ether oxygens (including phenoxy) is 1. The average molecular weight is 550 g/mol. The van der Waals surface area contributed by atoms with Crippen molar-refractivity contribution in [1.82, 2.24) is 20.4 Å². The number of likely N-dealkylation sites (tertiary alicyclic amines) is 1. The van der Waals surface area contributed by atoms with Crippen LogP contribution in [0.2, 0.25) is 0 Å². The summed E-state index contributed by atoms with van der Waals surface area (Å²) in [4.78, 5) is 20.7. The molecular formula is C23H44IN5O2. The number of nitrogens with one attached hydrogen (secondary N) is 2. The van der Waals surface area contributed by atoms with Gasteiger partial charge < -0.3 is 20.3 Å². The minimum absolute atomic E-state index is 0. The Morgan fingerprint density at radius 2 is 1.81 bits per heavy atom. The number of piperidine rings is 1. The summed E-state index contributed by atoms with van der Waals surface area (Å²) in [5.41, 5.74) is 0.292. The molecule has 1 saturated heterocycles. The first-order chi connectivity index (χ1) is 14.5. The average Bonchev–Trinajstić information content (AvgIpc) is 2.75. The van der Waals surface area contributed by atoms with E-state index < -0.39 is 0 Å². The molecule has 8 heteroatoms. The normalized spacial score (nSPS) is 26.6. The molecule has 2 atom stereocenters. The first-order valence-corrected chi connectivity index (χ1v) is 12.1. The summed E-state index contributed by atoms with van der Waals surface area (Å²) >= 11 is 0. The molecule has 0 radical (unpaired) electrons. The van der Waals surface area contributed by atoms with Crippen LogP contribution in [0.3, 0.4) is 0 Å². The third-order valence-electron chi connectivity index (χ3n) is 7.35. The Balaban J connectivity index is 0.00000341. The zero-order valence-electron chi connectivity index (χ0n) is 20.0. The fourth-order valence-electron chi connectivity index (χ4n) is 5.48. The number of guanidine groups is 1. The monoisotopic (exact) mass is 549 g/mol. The van der Waals surface area contributed by atoms with Crippen molar-refractivity contribution in [2.75, 3.05) is 46.9 Å². The lowest BCUT2D eigenvalue weighted by Crippen LogP contribution is -2.67. The molecule has 0 aromatic rings. The van der Waals surface area contributed by atoms with Crippen molar-refractivity contribution in [3.05, 3.63) is 0 Å². The van der Waals surface area contributed by atoms with Crippen LogP contribution in [0.4, 0.5) is 0 Å². The van der Waals surface area contributed by atoms with Gasteiger partial charge in [0.05, 0.1) is 12.6 Å². The molecule has 2 N–H and O–H groups in total. The Labute approximate surface area is 206 Å². The molecule has 1 aliphatic heterocycles. The van der Waals surface area contributed by atoms with Crippen LogP contribution >= 0.6 is 24.0 Å². The molecule has 31 heavy (non-hydrogen) atoms. The highest BCUT2D eigenvalue weighted by molar-refractivity contribution is 14.0. The molecule has 3 fully saturated rings. The molecule has 1 heterocycles. The lowest BCUT2D eigenvalue weighted by Gasteiger charge is -2.58. The molecule has 2 aliphatic carbocycles.